The van der Waals surface area contributed by atoms with E-state index >= 15 is 0 Å². The number of H-pyrrole nitrogens is 1. The van der Waals surface area contributed by atoms with Crippen molar-refractivity contribution in [3.05, 3.63) is 12.3 Å². The van der Waals surface area contributed by atoms with Gasteiger partial charge in [0.2, 0.25) is 0 Å². The van der Waals surface area contributed by atoms with Gasteiger partial charge in [0.05, 0.1) is 26.4 Å². The Morgan fingerprint density at radius 1 is 1.14 bits per heavy atom. The van der Waals surface area contributed by atoms with Crippen LogP contribution in [0.15, 0.2) is 12.3 Å². The molecule has 0 aliphatic carbocycles. The Morgan fingerprint density at radius 3 is 2.76 bits per heavy atom. The van der Waals surface area contributed by atoms with Crippen LogP contribution in [0.5, 0.6) is 11.6 Å². The van der Waals surface area contributed by atoms with E-state index in [2.05, 4.69) is 9.88 Å². The number of methoxy groups -OCH3 is 1. The van der Waals surface area contributed by atoms with Gasteiger partial charge in [-0.3, -0.25) is 4.90 Å². The minimum Gasteiger partial charge on any atom is -0.492 e. The highest BCUT2D eigenvalue weighted by molar-refractivity contribution is 5.26. The zero-order chi connectivity index (χ0) is 14.8. The summed E-state index contributed by atoms with van der Waals surface area (Å²) < 4.78 is 21.6. The molecule has 0 bridgehead atoms. The fourth-order valence-electron chi connectivity index (χ4n) is 2.21. The minimum absolute atomic E-state index is 0.655. The zero-order valence-corrected chi connectivity index (χ0v) is 12.8. The van der Waals surface area contributed by atoms with Crippen LogP contribution in [-0.4, -0.2) is 69.7 Å². The summed E-state index contributed by atoms with van der Waals surface area (Å²) in [4.78, 5) is 5.48. The second-order valence-electron chi connectivity index (χ2n) is 5.05. The van der Waals surface area contributed by atoms with Crippen molar-refractivity contribution in [3.8, 4) is 11.6 Å². The largest absolute Gasteiger partial charge is 0.492 e. The van der Waals surface area contributed by atoms with Crippen LogP contribution in [0.3, 0.4) is 0 Å². The minimum atomic E-state index is 0.655. The molecule has 0 aromatic carbocycles. The van der Waals surface area contributed by atoms with Crippen LogP contribution in [0.25, 0.3) is 0 Å². The molecule has 1 aromatic heterocycles. The third kappa shape index (κ3) is 6.37. The van der Waals surface area contributed by atoms with Crippen LogP contribution >= 0.6 is 0 Å². The van der Waals surface area contributed by atoms with Crippen LogP contribution in [0, 0.1) is 0 Å². The van der Waals surface area contributed by atoms with Gasteiger partial charge < -0.3 is 23.9 Å². The molecule has 1 fully saturated rings. The molecule has 1 saturated heterocycles. The lowest BCUT2D eigenvalue weighted by Crippen LogP contribution is -2.37. The first-order valence-corrected chi connectivity index (χ1v) is 7.61. The molecule has 6 nitrogen and oxygen atoms in total. The first-order valence-electron chi connectivity index (χ1n) is 7.61. The van der Waals surface area contributed by atoms with Crippen molar-refractivity contribution in [1.29, 1.82) is 0 Å². The van der Waals surface area contributed by atoms with Crippen molar-refractivity contribution in [2.45, 2.75) is 12.8 Å². The van der Waals surface area contributed by atoms with Gasteiger partial charge in [0.25, 0.3) is 0 Å². The van der Waals surface area contributed by atoms with E-state index in [9.17, 15) is 0 Å². The van der Waals surface area contributed by atoms with Crippen molar-refractivity contribution >= 4 is 0 Å². The van der Waals surface area contributed by atoms with Crippen LogP contribution in [0.2, 0.25) is 0 Å². The maximum Gasteiger partial charge on any atom is 0.194 e. The third-order valence-corrected chi connectivity index (χ3v) is 3.37. The van der Waals surface area contributed by atoms with Gasteiger partial charge >= 0.3 is 0 Å². The van der Waals surface area contributed by atoms with Crippen LogP contribution in [0.4, 0.5) is 0 Å². The average Bonchev–Trinajstić information content (AvgIpc) is 2.97. The number of aromatic nitrogens is 1. The fourth-order valence-corrected chi connectivity index (χ4v) is 2.21. The number of morpholine rings is 1. The first-order chi connectivity index (χ1) is 10.4. The Bertz CT molecular complexity index is 378. The second kappa shape index (κ2) is 9.65. The van der Waals surface area contributed by atoms with E-state index in [1.807, 2.05) is 12.3 Å². The molecule has 21 heavy (non-hydrogen) atoms. The van der Waals surface area contributed by atoms with Crippen molar-refractivity contribution in [3.63, 3.8) is 0 Å². The van der Waals surface area contributed by atoms with Gasteiger partial charge in [0.15, 0.2) is 5.88 Å². The summed E-state index contributed by atoms with van der Waals surface area (Å²) in [6, 6.07) is 1.89. The number of nitrogens with one attached hydrogen (secondary N) is 1. The molecule has 0 radical (unpaired) electrons. The van der Waals surface area contributed by atoms with Crippen molar-refractivity contribution in [1.82, 2.24) is 9.88 Å². The molecule has 0 spiro atoms. The molecule has 0 saturated carbocycles. The van der Waals surface area contributed by atoms with Gasteiger partial charge in [0, 0.05) is 52.0 Å². The molecule has 0 amide bonds. The van der Waals surface area contributed by atoms with Gasteiger partial charge in [-0.1, -0.05) is 0 Å². The second-order valence-corrected chi connectivity index (χ2v) is 5.05. The number of aromatic amines is 1. The van der Waals surface area contributed by atoms with Gasteiger partial charge in [-0.25, -0.2) is 0 Å². The molecule has 1 aliphatic heterocycles. The summed E-state index contributed by atoms with van der Waals surface area (Å²) in [5.74, 6) is 1.58. The normalized spacial score (nSPS) is 16.0. The SMILES string of the molecule is COCCCOc1c[nH]c(OCCCN2CCOCC2)c1. The third-order valence-electron chi connectivity index (χ3n) is 3.37. The maximum atomic E-state index is 5.69. The molecule has 1 N–H and O–H groups in total. The number of ether oxygens (including phenoxy) is 4. The topological polar surface area (TPSA) is 56.0 Å². The Hall–Kier alpha value is -1.24. The number of nitrogens with zero attached hydrogens (tertiary/aromatic N) is 1. The number of rotatable bonds is 10. The highest BCUT2D eigenvalue weighted by atomic mass is 16.5. The van der Waals surface area contributed by atoms with E-state index in [0.29, 0.717) is 13.2 Å². The van der Waals surface area contributed by atoms with Gasteiger partial charge in [-0.2, -0.15) is 0 Å². The molecule has 2 heterocycles. The number of hydrogen-bond acceptors (Lipinski definition) is 5. The van der Waals surface area contributed by atoms with Crippen LogP contribution in [0.1, 0.15) is 12.8 Å². The summed E-state index contributed by atoms with van der Waals surface area (Å²) >= 11 is 0. The molecule has 1 aliphatic rings. The van der Waals surface area contributed by atoms with E-state index in [4.69, 9.17) is 18.9 Å². The summed E-state index contributed by atoms with van der Waals surface area (Å²) in [6.07, 6.45) is 3.73. The van der Waals surface area contributed by atoms with Crippen molar-refractivity contribution in [2.75, 3.05) is 59.8 Å². The van der Waals surface area contributed by atoms with E-state index in [0.717, 1.165) is 63.9 Å². The Labute approximate surface area is 126 Å². The molecule has 6 heteroatoms. The van der Waals surface area contributed by atoms with Crippen molar-refractivity contribution < 1.29 is 18.9 Å². The fraction of sp³-hybridized carbons (Fsp3) is 0.733. The zero-order valence-electron chi connectivity index (χ0n) is 12.8. The lowest BCUT2D eigenvalue weighted by molar-refractivity contribution is 0.0357. The molecule has 0 atom stereocenters. The summed E-state index contributed by atoms with van der Waals surface area (Å²) in [5.41, 5.74) is 0. The quantitative estimate of drug-likeness (QED) is 0.664. The first kappa shape index (κ1) is 16.1. The molecule has 2 rings (SSSR count). The maximum absolute atomic E-state index is 5.69. The smallest absolute Gasteiger partial charge is 0.194 e. The van der Waals surface area contributed by atoms with Crippen LogP contribution < -0.4 is 9.47 Å². The lowest BCUT2D eigenvalue weighted by Gasteiger charge is -2.26. The standard InChI is InChI=1S/C15H26N2O4/c1-18-7-3-9-20-14-12-15(16-13-14)21-8-2-4-17-5-10-19-11-6-17/h12-13,16H,2-11H2,1H3. The van der Waals surface area contributed by atoms with Crippen LogP contribution in [-0.2, 0) is 9.47 Å². The van der Waals surface area contributed by atoms with E-state index in [1.54, 1.807) is 7.11 Å². The summed E-state index contributed by atoms with van der Waals surface area (Å²) in [6.45, 7) is 6.90. The van der Waals surface area contributed by atoms with E-state index in [-0.39, 0.29) is 0 Å². The van der Waals surface area contributed by atoms with E-state index < -0.39 is 0 Å². The molecular weight excluding hydrogens is 272 g/mol. The predicted molar refractivity (Wildman–Crippen MR) is 80.2 cm³/mol. The summed E-state index contributed by atoms with van der Waals surface area (Å²) in [5, 5.41) is 0. The monoisotopic (exact) mass is 298 g/mol. The molecule has 0 unspecified atom stereocenters. The Morgan fingerprint density at radius 2 is 1.95 bits per heavy atom. The summed E-state index contributed by atoms with van der Waals surface area (Å²) in [7, 11) is 1.69. The van der Waals surface area contributed by atoms with Gasteiger partial charge in [0.1, 0.15) is 5.75 Å². The predicted octanol–water partition coefficient (Wildman–Crippen LogP) is 1.53. The average molecular weight is 298 g/mol. The van der Waals surface area contributed by atoms with Crippen molar-refractivity contribution in [2.24, 2.45) is 0 Å². The Kier molecular flexibility index (Phi) is 7.42. The molecular formula is C15H26N2O4. The highest BCUT2D eigenvalue weighted by Crippen LogP contribution is 2.18. The molecule has 1 aromatic rings. The lowest BCUT2D eigenvalue weighted by atomic mass is 10.3. The highest BCUT2D eigenvalue weighted by Gasteiger charge is 2.09. The Balaban J connectivity index is 1.54. The number of hydrogen-bond donors (Lipinski definition) is 1. The van der Waals surface area contributed by atoms with E-state index in [1.165, 1.54) is 0 Å². The van der Waals surface area contributed by atoms with Gasteiger partial charge in [-0.05, 0) is 6.42 Å². The molecule has 120 valence electrons. The van der Waals surface area contributed by atoms with Gasteiger partial charge in [-0.15, -0.1) is 0 Å².